The fourth-order valence-corrected chi connectivity index (χ4v) is 4.84. The third-order valence-corrected chi connectivity index (χ3v) is 6.86. The van der Waals surface area contributed by atoms with Crippen molar-refractivity contribution in [3.63, 3.8) is 0 Å². The van der Waals surface area contributed by atoms with Gasteiger partial charge in [-0.3, -0.25) is 9.69 Å². The van der Waals surface area contributed by atoms with Gasteiger partial charge in [0.25, 0.3) is 0 Å². The minimum atomic E-state index is -0.174. The zero-order valence-electron chi connectivity index (χ0n) is 20.8. The highest BCUT2D eigenvalue weighted by Gasteiger charge is 2.22. The number of nitrogens with zero attached hydrogens (tertiary/aromatic N) is 4. The summed E-state index contributed by atoms with van der Waals surface area (Å²) in [4.78, 5) is 15.0. The number of aryl methyl sites for hydroxylation is 1. The smallest absolute Gasteiger partial charge is 0.220 e. The van der Waals surface area contributed by atoms with Crippen LogP contribution < -0.4 is 5.32 Å². The predicted octanol–water partition coefficient (Wildman–Crippen LogP) is 4.81. The second-order valence-corrected chi connectivity index (χ2v) is 9.49. The second kappa shape index (κ2) is 11.3. The van der Waals surface area contributed by atoms with E-state index in [1.54, 1.807) is 0 Å². The number of nitrogens with one attached hydrogen (secondary N) is 1. The zero-order chi connectivity index (χ0) is 24.7. The lowest BCUT2D eigenvalue weighted by Gasteiger charge is -2.20. The highest BCUT2D eigenvalue weighted by atomic mass is 16.1. The molecular formula is C30H33N5O. The van der Waals surface area contributed by atoms with Gasteiger partial charge >= 0.3 is 0 Å². The van der Waals surface area contributed by atoms with Crippen LogP contribution in [0.5, 0.6) is 0 Å². The van der Waals surface area contributed by atoms with Crippen LogP contribution in [0.4, 0.5) is 0 Å². The van der Waals surface area contributed by atoms with Crippen LogP contribution in [0.15, 0.2) is 84.9 Å². The van der Waals surface area contributed by atoms with Crippen molar-refractivity contribution < 1.29 is 4.79 Å². The predicted molar refractivity (Wildman–Crippen MR) is 142 cm³/mol. The normalized spacial score (nSPS) is 14.6. The van der Waals surface area contributed by atoms with Crippen molar-refractivity contribution in [1.82, 2.24) is 25.0 Å². The van der Waals surface area contributed by atoms with Gasteiger partial charge < -0.3 is 9.88 Å². The first-order valence-corrected chi connectivity index (χ1v) is 12.8. The molecule has 1 unspecified atom stereocenters. The quantitative estimate of drug-likeness (QED) is 0.394. The van der Waals surface area contributed by atoms with Gasteiger partial charge in [0, 0.05) is 39.0 Å². The van der Waals surface area contributed by atoms with E-state index in [0.29, 0.717) is 6.42 Å². The Balaban J connectivity index is 1.16. The number of benzene rings is 3. The molecule has 1 atom stereocenters. The summed E-state index contributed by atoms with van der Waals surface area (Å²) in [5.41, 5.74) is 4.97. The summed E-state index contributed by atoms with van der Waals surface area (Å²) in [5, 5.41) is 12.0. The van der Waals surface area contributed by atoms with Crippen LogP contribution in [-0.4, -0.2) is 38.7 Å². The van der Waals surface area contributed by atoms with E-state index < -0.39 is 0 Å². The van der Waals surface area contributed by atoms with Crippen LogP contribution >= 0.6 is 0 Å². The van der Waals surface area contributed by atoms with Crippen LogP contribution in [0.3, 0.4) is 0 Å². The standard InChI is InChI=1S/C30H33N5O/c1-23(31-29(36)17-14-24-8-4-2-5-9-24)30-33-32-28-18-19-34(20-21-35(28)30)22-25-12-15-27(16-13-25)26-10-6-3-7-11-26/h2-13,15-16,23H,14,17-22H2,1H3,(H,31,36). The summed E-state index contributed by atoms with van der Waals surface area (Å²) >= 11 is 0. The summed E-state index contributed by atoms with van der Waals surface area (Å²) < 4.78 is 2.20. The van der Waals surface area contributed by atoms with Crippen molar-refractivity contribution in [3.8, 4) is 11.1 Å². The Morgan fingerprint density at radius 3 is 2.28 bits per heavy atom. The van der Waals surface area contributed by atoms with Gasteiger partial charge in [-0.1, -0.05) is 84.9 Å². The molecule has 1 aliphatic heterocycles. The molecule has 1 N–H and O–H groups in total. The third-order valence-electron chi connectivity index (χ3n) is 6.86. The number of amides is 1. The van der Waals surface area contributed by atoms with Crippen molar-refractivity contribution in [2.75, 3.05) is 13.1 Å². The molecule has 0 spiro atoms. The molecule has 0 saturated carbocycles. The van der Waals surface area contributed by atoms with Crippen LogP contribution in [0.2, 0.25) is 0 Å². The number of aromatic nitrogens is 3. The molecule has 1 aliphatic rings. The van der Waals surface area contributed by atoms with E-state index in [1.165, 1.54) is 22.3 Å². The maximum Gasteiger partial charge on any atom is 0.220 e. The lowest BCUT2D eigenvalue weighted by atomic mass is 10.0. The van der Waals surface area contributed by atoms with Crippen molar-refractivity contribution in [1.29, 1.82) is 0 Å². The molecular weight excluding hydrogens is 446 g/mol. The Bertz CT molecular complexity index is 1270. The van der Waals surface area contributed by atoms with Crippen molar-refractivity contribution in [3.05, 3.63) is 108 Å². The number of carbonyl (C=O) groups is 1. The Morgan fingerprint density at radius 2 is 1.53 bits per heavy atom. The average Bonchev–Trinajstić information content (AvgIpc) is 3.23. The maximum absolute atomic E-state index is 12.6. The fraction of sp³-hybridized carbons (Fsp3) is 0.300. The lowest BCUT2D eigenvalue weighted by molar-refractivity contribution is -0.121. The number of hydrogen-bond acceptors (Lipinski definition) is 4. The van der Waals surface area contributed by atoms with Gasteiger partial charge in [0.15, 0.2) is 5.82 Å². The van der Waals surface area contributed by atoms with E-state index in [9.17, 15) is 4.79 Å². The number of rotatable bonds is 8. The molecule has 5 rings (SSSR count). The molecule has 0 aliphatic carbocycles. The van der Waals surface area contributed by atoms with E-state index in [0.717, 1.165) is 50.7 Å². The first kappa shape index (κ1) is 23.9. The molecule has 6 nitrogen and oxygen atoms in total. The van der Waals surface area contributed by atoms with E-state index in [4.69, 9.17) is 0 Å². The number of carbonyl (C=O) groups excluding carboxylic acids is 1. The highest BCUT2D eigenvalue weighted by molar-refractivity contribution is 5.76. The maximum atomic E-state index is 12.6. The molecule has 1 amide bonds. The summed E-state index contributed by atoms with van der Waals surface area (Å²) in [6.45, 7) is 5.59. The minimum absolute atomic E-state index is 0.0397. The van der Waals surface area contributed by atoms with E-state index in [-0.39, 0.29) is 11.9 Å². The summed E-state index contributed by atoms with van der Waals surface area (Å²) in [6, 6.07) is 29.3. The van der Waals surface area contributed by atoms with Gasteiger partial charge in [0.1, 0.15) is 5.82 Å². The summed E-state index contributed by atoms with van der Waals surface area (Å²) in [6.07, 6.45) is 2.05. The Morgan fingerprint density at radius 1 is 0.833 bits per heavy atom. The number of hydrogen-bond donors (Lipinski definition) is 1. The average molecular weight is 480 g/mol. The lowest BCUT2D eigenvalue weighted by Crippen LogP contribution is -2.30. The molecule has 0 saturated heterocycles. The topological polar surface area (TPSA) is 63.1 Å². The zero-order valence-corrected chi connectivity index (χ0v) is 20.8. The molecule has 184 valence electrons. The Kier molecular flexibility index (Phi) is 7.52. The first-order chi connectivity index (χ1) is 17.7. The molecule has 6 heteroatoms. The van der Waals surface area contributed by atoms with Crippen molar-refractivity contribution in [2.24, 2.45) is 0 Å². The third kappa shape index (κ3) is 5.89. The molecule has 2 heterocycles. The van der Waals surface area contributed by atoms with Crippen molar-refractivity contribution in [2.45, 2.75) is 45.3 Å². The van der Waals surface area contributed by atoms with Crippen LogP contribution in [-0.2, 0) is 30.7 Å². The van der Waals surface area contributed by atoms with E-state index in [1.807, 2.05) is 31.2 Å². The van der Waals surface area contributed by atoms with E-state index >= 15 is 0 Å². The highest BCUT2D eigenvalue weighted by Crippen LogP contribution is 2.21. The van der Waals surface area contributed by atoms with E-state index in [2.05, 4.69) is 85.6 Å². The van der Waals surface area contributed by atoms with Gasteiger partial charge in [-0.2, -0.15) is 0 Å². The molecule has 36 heavy (non-hydrogen) atoms. The van der Waals surface area contributed by atoms with Crippen LogP contribution in [0.1, 0.15) is 42.2 Å². The SMILES string of the molecule is CC(NC(=O)CCc1ccccc1)c1nnc2n1CCN(Cc1ccc(-c3ccccc3)cc1)CC2. The van der Waals surface area contributed by atoms with Gasteiger partial charge in [0.05, 0.1) is 6.04 Å². The van der Waals surface area contributed by atoms with Gasteiger partial charge in [0.2, 0.25) is 5.91 Å². The monoisotopic (exact) mass is 479 g/mol. The molecule has 0 fully saturated rings. The first-order valence-electron chi connectivity index (χ1n) is 12.8. The van der Waals surface area contributed by atoms with Gasteiger partial charge in [-0.15, -0.1) is 10.2 Å². The van der Waals surface area contributed by atoms with Crippen LogP contribution in [0, 0.1) is 0 Å². The molecule has 3 aromatic carbocycles. The summed E-state index contributed by atoms with van der Waals surface area (Å²) in [7, 11) is 0. The van der Waals surface area contributed by atoms with Gasteiger partial charge in [-0.25, -0.2) is 0 Å². The molecule has 0 bridgehead atoms. The Labute approximate surface area is 213 Å². The second-order valence-electron chi connectivity index (χ2n) is 9.49. The number of fused-ring (bicyclic) bond motifs is 1. The molecule has 0 radical (unpaired) electrons. The van der Waals surface area contributed by atoms with Crippen molar-refractivity contribution >= 4 is 5.91 Å². The largest absolute Gasteiger partial charge is 0.346 e. The fourth-order valence-electron chi connectivity index (χ4n) is 4.84. The molecule has 4 aromatic rings. The Hall–Kier alpha value is -3.77. The summed E-state index contributed by atoms with van der Waals surface area (Å²) in [5.74, 6) is 1.88. The molecule has 1 aromatic heterocycles. The van der Waals surface area contributed by atoms with Gasteiger partial charge in [-0.05, 0) is 35.6 Å². The minimum Gasteiger partial charge on any atom is -0.346 e. The van der Waals surface area contributed by atoms with Crippen LogP contribution in [0.25, 0.3) is 11.1 Å².